The van der Waals surface area contributed by atoms with Gasteiger partial charge in [-0.1, -0.05) is 50.2 Å². The maximum atomic E-state index is 12.7. The summed E-state index contributed by atoms with van der Waals surface area (Å²) < 4.78 is 8.43. The third-order valence-corrected chi connectivity index (χ3v) is 6.91. The van der Waals surface area contributed by atoms with E-state index in [0.717, 1.165) is 37.2 Å². The van der Waals surface area contributed by atoms with Crippen LogP contribution in [0.3, 0.4) is 0 Å². The summed E-state index contributed by atoms with van der Waals surface area (Å²) in [5, 5.41) is 2.28. The van der Waals surface area contributed by atoms with E-state index < -0.39 is 17.8 Å². The number of barbiturate groups is 1. The first-order chi connectivity index (χ1) is 15.7. The molecule has 164 valence electrons. The third kappa shape index (κ3) is 2.36. The summed E-state index contributed by atoms with van der Waals surface area (Å²) >= 11 is 0. The molecule has 4 amide bonds. The Hall–Kier alpha value is -4.13. The minimum absolute atomic E-state index is 0.108. The van der Waals surface area contributed by atoms with Crippen LogP contribution < -0.4 is 0 Å². The molecule has 2 aromatic carbocycles. The second kappa shape index (κ2) is 6.22. The number of para-hydroxylation sites is 2. The summed E-state index contributed by atoms with van der Waals surface area (Å²) in [4.78, 5) is 39.3. The highest BCUT2D eigenvalue weighted by Gasteiger charge is 2.40. The van der Waals surface area contributed by atoms with E-state index in [9.17, 15) is 14.4 Å². The Kier molecular flexibility index (Phi) is 3.69. The molecule has 7 heteroatoms. The summed E-state index contributed by atoms with van der Waals surface area (Å²) in [6, 6.07) is 15.7. The van der Waals surface area contributed by atoms with Gasteiger partial charge in [0.05, 0.1) is 11.0 Å². The maximum absolute atomic E-state index is 12.7. The van der Waals surface area contributed by atoms with Crippen LogP contribution in [-0.4, -0.2) is 46.3 Å². The van der Waals surface area contributed by atoms with E-state index in [1.807, 2.05) is 18.2 Å². The number of fused-ring (bicyclic) bond motifs is 5. The van der Waals surface area contributed by atoms with Gasteiger partial charge in [-0.05, 0) is 23.8 Å². The van der Waals surface area contributed by atoms with E-state index >= 15 is 0 Å². The highest BCUT2D eigenvalue weighted by molar-refractivity contribution is 6.30. The van der Waals surface area contributed by atoms with Crippen LogP contribution in [-0.2, 0) is 15.0 Å². The molecule has 0 N–H and O–H groups in total. The molecule has 2 aromatic heterocycles. The molecule has 2 aliphatic rings. The van der Waals surface area contributed by atoms with Gasteiger partial charge in [0.2, 0.25) is 5.88 Å². The predicted octanol–water partition coefficient (Wildman–Crippen LogP) is 4.45. The molecule has 0 atom stereocenters. The highest BCUT2D eigenvalue weighted by atomic mass is 16.4. The molecule has 0 radical (unpaired) electrons. The first-order valence-corrected chi connectivity index (χ1v) is 10.7. The van der Waals surface area contributed by atoms with Crippen molar-refractivity contribution < 1.29 is 18.8 Å². The average Bonchev–Trinajstić information content (AvgIpc) is 3.38. The lowest BCUT2D eigenvalue weighted by Gasteiger charge is -2.31. The number of hydrogen-bond donors (Lipinski definition) is 0. The second-order valence-corrected chi connectivity index (χ2v) is 9.12. The molecule has 2 aliphatic heterocycles. The van der Waals surface area contributed by atoms with Crippen molar-refractivity contribution in [1.29, 1.82) is 0 Å². The van der Waals surface area contributed by atoms with Gasteiger partial charge in [-0.3, -0.25) is 24.0 Å². The molecule has 4 aromatic rings. The fraction of sp³-hybridized carbons (Fsp3) is 0.192. The van der Waals surface area contributed by atoms with E-state index in [1.54, 1.807) is 0 Å². The Bertz CT molecular complexity index is 1560. The number of nitrogens with zero attached hydrogens (tertiary/aromatic N) is 3. The van der Waals surface area contributed by atoms with Crippen LogP contribution >= 0.6 is 0 Å². The first kappa shape index (κ1) is 19.5. The molecule has 4 heterocycles. The quantitative estimate of drug-likeness (QED) is 0.324. The SMILES string of the molecule is CN1C(=O)C(=Cc2cc3c(o2)-n2c4ccccc4c4cccc(c42)C3(C)C)C(=O)N(C)C1=O. The minimum Gasteiger partial charge on any atom is -0.440 e. The van der Waals surface area contributed by atoms with Crippen LogP contribution in [0.15, 0.2) is 58.5 Å². The molecule has 1 saturated heterocycles. The number of furan rings is 1. The van der Waals surface area contributed by atoms with E-state index in [1.165, 1.54) is 25.7 Å². The lowest BCUT2D eigenvalue weighted by Crippen LogP contribution is -2.52. The standard InChI is InChI=1S/C26H21N3O4/c1-26(2)18-10-7-9-16-15-8-5-6-11-20(15)29(21(16)18)24-19(26)13-14(33-24)12-17-22(30)27(3)25(32)28(4)23(17)31/h5-13H,1-4H3. The van der Waals surface area contributed by atoms with E-state index in [-0.39, 0.29) is 11.0 Å². The summed E-state index contributed by atoms with van der Waals surface area (Å²) in [5.74, 6) is -0.229. The number of aromatic nitrogens is 1. The highest BCUT2D eigenvalue weighted by Crippen LogP contribution is 2.48. The molecule has 0 saturated carbocycles. The van der Waals surface area contributed by atoms with Gasteiger partial charge in [-0.2, -0.15) is 0 Å². The fourth-order valence-corrected chi connectivity index (χ4v) is 5.08. The maximum Gasteiger partial charge on any atom is 0.333 e. The topological polar surface area (TPSA) is 75.8 Å². The number of carbonyl (C=O) groups excluding carboxylic acids is 3. The molecular formula is C26H21N3O4. The summed E-state index contributed by atoms with van der Waals surface area (Å²) in [6.07, 6.45) is 1.44. The van der Waals surface area contributed by atoms with Crippen LogP contribution in [0.25, 0.3) is 33.8 Å². The van der Waals surface area contributed by atoms with Crippen molar-refractivity contribution >= 4 is 45.7 Å². The fourth-order valence-electron chi connectivity index (χ4n) is 5.08. The smallest absolute Gasteiger partial charge is 0.333 e. The van der Waals surface area contributed by atoms with Crippen LogP contribution in [0.1, 0.15) is 30.7 Å². The van der Waals surface area contributed by atoms with Gasteiger partial charge in [0, 0.05) is 35.8 Å². The van der Waals surface area contributed by atoms with Crippen LogP contribution in [0.2, 0.25) is 0 Å². The largest absolute Gasteiger partial charge is 0.440 e. The third-order valence-electron chi connectivity index (χ3n) is 6.91. The van der Waals surface area contributed by atoms with Crippen LogP contribution in [0, 0.1) is 0 Å². The number of benzene rings is 2. The number of likely N-dealkylation sites (N-methyl/N-ethyl adjacent to an activating group) is 2. The lowest BCUT2D eigenvalue weighted by atomic mass is 9.76. The molecule has 6 rings (SSSR count). The van der Waals surface area contributed by atoms with E-state index in [0.29, 0.717) is 11.6 Å². The Morgan fingerprint density at radius 2 is 1.52 bits per heavy atom. The number of hydrogen-bond acceptors (Lipinski definition) is 4. The van der Waals surface area contributed by atoms with Crippen molar-refractivity contribution in [2.45, 2.75) is 19.3 Å². The van der Waals surface area contributed by atoms with Gasteiger partial charge in [0.15, 0.2) is 0 Å². The number of amides is 4. The summed E-state index contributed by atoms with van der Waals surface area (Å²) in [5.41, 5.74) is 3.80. The molecule has 0 bridgehead atoms. The van der Waals surface area contributed by atoms with Gasteiger partial charge in [0.1, 0.15) is 11.3 Å². The molecule has 0 unspecified atom stereocenters. The van der Waals surface area contributed by atoms with Crippen molar-refractivity contribution in [2.75, 3.05) is 14.1 Å². The van der Waals surface area contributed by atoms with Crippen molar-refractivity contribution in [2.24, 2.45) is 0 Å². The zero-order chi connectivity index (χ0) is 23.2. The monoisotopic (exact) mass is 439 g/mol. The first-order valence-electron chi connectivity index (χ1n) is 10.7. The Morgan fingerprint density at radius 1 is 0.848 bits per heavy atom. The number of imide groups is 2. The number of carbonyl (C=O) groups is 3. The molecule has 1 fully saturated rings. The van der Waals surface area contributed by atoms with Crippen molar-refractivity contribution in [3.63, 3.8) is 0 Å². The molecular weight excluding hydrogens is 418 g/mol. The molecule has 0 spiro atoms. The average molecular weight is 439 g/mol. The Balaban J connectivity index is 1.62. The second-order valence-electron chi connectivity index (χ2n) is 9.12. The minimum atomic E-state index is -0.654. The Morgan fingerprint density at radius 3 is 2.24 bits per heavy atom. The predicted molar refractivity (Wildman–Crippen MR) is 124 cm³/mol. The van der Waals surface area contributed by atoms with E-state index in [2.05, 4.69) is 48.7 Å². The van der Waals surface area contributed by atoms with Crippen molar-refractivity contribution in [3.05, 3.63) is 71.0 Å². The van der Waals surface area contributed by atoms with Crippen LogP contribution in [0.4, 0.5) is 4.79 Å². The van der Waals surface area contributed by atoms with Gasteiger partial charge in [-0.25, -0.2) is 4.79 Å². The van der Waals surface area contributed by atoms with Crippen molar-refractivity contribution in [3.8, 4) is 5.88 Å². The van der Waals surface area contributed by atoms with E-state index in [4.69, 9.17) is 4.42 Å². The normalized spacial score (nSPS) is 17.3. The Labute approximate surface area is 189 Å². The van der Waals surface area contributed by atoms with Gasteiger partial charge in [0.25, 0.3) is 11.8 Å². The molecule has 0 aliphatic carbocycles. The number of urea groups is 1. The van der Waals surface area contributed by atoms with Gasteiger partial charge >= 0.3 is 6.03 Å². The van der Waals surface area contributed by atoms with Crippen molar-refractivity contribution in [1.82, 2.24) is 14.4 Å². The zero-order valence-corrected chi connectivity index (χ0v) is 18.7. The zero-order valence-electron chi connectivity index (χ0n) is 18.7. The number of rotatable bonds is 1. The van der Waals surface area contributed by atoms with Crippen LogP contribution in [0.5, 0.6) is 0 Å². The summed E-state index contributed by atoms with van der Waals surface area (Å²) in [6.45, 7) is 4.29. The summed E-state index contributed by atoms with van der Waals surface area (Å²) in [7, 11) is 2.72. The lowest BCUT2D eigenvalue weighted by molar-refractivity contribution is -0.134. The van der Waals surface area contributed by atoms with Gasteiger partial charge < -0.3 is 4.42 Å². The van der Waals surface area contributed by atoms with Gasteiger partial charge in [-0.15, -0.1) is 0 Å². The molecule has 7 nitrogen and oxygen atoms in total. The molecule has 33 heavy (non-hydrogen) atoms.